The van der Waals surface area contributed by atoms with Gasteiger partial charge >= 0.3 is 5.97 Å². The minimum Gasteiger partial charge on any atom is -0.507 e. The molecule has 2 aromatic rings. The van der Waals surface area contributed by atoms with E-state index in [4.69, 9.17) is 4.74 Å². The van der Waals surface area contributed by atoms with Crippen LogP contribution in [0.2, 0.25) is 0 Å². The number of rotatable bonds is 3. The number of ether oxygens (including phenoxy) is 1. The van der Waals surface area contributed by atoms with Crippen molar-refractivity contribution in [3.8, 4) is 5.75 Å². The Labute approximate surface area is 157 Å². The van der Waals surface area contributed by atoms with E-state index in [0.717, 1.165) is 22.6 Å². The second-order valence-electron chi connectivity index (χ2n) is 6.33. The minimum absolute atomic E-state index is 0.0678. The molecule has 2 aromatic carbocycles. The number of phenols is 1. The molecular formula is C20H21NO4S. The number of nitrogens with zero attached hydrogens (tertiary/aromatic N) is 1. The highest BCUT2D eigenvalue weighted by Gasteiger charge is 2.25. The summed E-state index contributed by atoms with van der Waals surface area (Å²) in [5.41, 5.74) is 1.74. The van der Waals surface area contributed by atoms with Crippen LogP contribution in [0.3, 0.4) is 0 Å². The van der Waals surface area contributed by atoms with Gasteiger partial charge in [-0.05, 0) is 37.6 Å². The molecule has 0 aliphatic carbocycles. The maximum absolute atomic E-state index is 12.7. The molecule has 1 N–H and O–H groups in total. The van der Waals surface area contributed by atoms with E-state index in [0.29, 0.717) is 11.8 Å². The molecule has 3 rings (SSSR count). The highest BCUT2D eigenvalue weighted by Crippen LogP contribution is 2.37. The molecule has 1 aliphatic heterocycles. The molecule has 0 unspecified atom stereocenters. The van der Waals surface area contributed by atoms with E-state index >= 15 is 0 Å². The predicted octanol–water partition coefficient (Wildman–Crippen LogP) is 3.77. The number of amides is 1. The number of para-hydroxylation sites is 1. The third-order valence-corrected chi connectivity index (χ3v) is 5.48. The molecule has 0 bridgehead atoms. The second kappa shape index (κ2) is 7.83. The largest absolute Gasteiger partial charge is 0.507 e. The van der Waals surface area contributed by atoms with Crippen molar-refractivity contribution in [2.45, 2.75) is 30.4 Å². The summed E-state index contributed by atoms with van der Waals surface area (Å²) in [6, 6.07) is 12.4. The fraction of sp³-hybridized carbons (Fsp3) is 0.300. The van der Waals surface area contributed by atoms with Crippen LogP contribution < -0.4 is 4.90 Å². The van der Waals surface area contributed by atoms with Gasteiger partial charge in [-0.25, -0.2) is 4.79 Å². The fourth-order valence-corrected chi connectivity index (χ4v) is 3.96. The van der Waals surface area contributed by atoms with Gasteiger partial charge in [0, 0.05) is 16.7 Å². The Bertz CT molecular complexity index is 836. The Morgan fingerprint density at radius 2 is 2.04 bits per heavy atom. The van der Waals surface area contributed by atoms with Crippen LogP contribution in [-0.4, -0.2) is 35.4 Å². The predicted molar refractivity (Wildman–Crippen MR) is 102 cm³/mol. The van der Waals surface area contributed by atoms with Gasteiger partial charge in [-0.1, -0.05) is 30.7 Å². The van der Waals surface area contributed by atoms with Gasteiger partial charge < -0.3 is 14.7 Å². The SMILES string of the molecule is Cc1ccc(O)c(C(=O)OCC(=O)N2CC[C@@H](C)Sc3ccccc32)c1. The minimum atomic E-state index is -0.703. The lowest BCUT2D eigenvalue weighted by Crippen LogP contribution is -2.35. The molecule has 136 valence electrons. The molecule has 0 fully saturated rings. The summed E-state index contributed by atoms with van der Waals surface area (Å²) in [4.78, 5) is 27.6. The average Bonchev–Trinajstić information content (AvgIpc) is 2.79. The molecule has 6 heteroatoms. The number of carbonyl (C=O) groups is 2. The quantitative estimate of drug-likeness (QED) is 0.832. The summed E-state index contributed by atoms with van der Waals surface area (Å²) in [7, 11) is 0. The Kier molecular flexibility index (Phi) is 5.52. The first kappa shape index (κ1) is 18.3. The van der Waals surface area contributed by atoms with Crippen molar-refractivity contribution in [3.05, 3.63) is 53.6 Å². The highest BCUT2D eigenvalue weighted by molar-refractivity contribution is 8.00. The Balaban J connectivity index is 1.72. The molecule has 26 heavy (non-hydrogen) atoms. The second-order valence-corrected chi connectivity index (χ2v) is 7.81. The highest BCUT2D eigenvalue weighted by atomic mass is 32.2. The molecule has 0 radical (unpaired) electrons. The van der Waals surface area contributed by atoms with Crippen molar-refractivity contribution >= 4 is 29.3 Å². The van der Waals surface area contributed by atoms with Gasteiger partial charge in [0.25, 0.3) is 5.91 Å². The molecule has 5 nitrogen and oxygen atoms in total. The lowest BCUT2D eigenvalue weighted by Gasteiger charge is -2.22. The van der Waals surface area contributed by atoms with E-state index in [9.17, 15) is 14.7 Å². The van der Waals surface area contributed by atoms with E-state index in [2.05, 4.69) is 6.92 Å². The van der Waals surface area contributed by atoms with Gasteiger partial charge in [-0.15, -0.1) is 11.8 Å². The number of esters is 1. The third-order valence-electron chi connectivity index (χ3n) is 4.24. The molecule has 1 heterocycles. The van der Waals surface area contributed by atoms with Gasteiger partial charge in [0.05, 0.1) is 5.69 Å². The van der Waals surface area contributed by atoms with Crippen LogP contribution in [0.15, 0.2) is 47.4 Å². The van der Waals surface area contributed by atoms with Crippen LogP contribution in [0.4, 0.5) is 5.69 Å². The number of hydrogen-bond donors (Lipinski definition) is 1. The molecular weight excluding hydrogens is 350 g/mol. The van der Waals surface area contributed by atoms with Crippen LogP contribution >= 0.6 is 11.8 Å². The molecule has 1 amide bonds. The monoisotopic (exact) mass is 371 g/mol. The smallest absolute Gasteiger partial charge is 0.342 e. The molecule has 0 saturated heterocycles. The lowest BCUT2D eigenvalue weighted by molar-refractivity contribution is -0.121. The zero-order valence-electron chi connectivity index (χ0n) is 14.8. The van der Waals surface area contributed by atoms with Crippen molar-refractivity contribution in [1.29, 1.82) is 0 Å². The van der Waals surface area contributed by atoms with Gasteiger partial charge in [0.2, 0.25) is 0 Å². The van der Waals surface area contributed by atoms with Crippen molar-refractivity contribution < 1.29 is 19.4 Å². The van der Waals surface area contributed by atoms with Crippen molar-refractivity contribution in [3.63, 3.8) is 0 Å². The first-order valence-electron chi connectivity index (χ1n) is 8.48. The van der Waals surface area contributed by atoms with Crippen molar-refractivity contribution in [2.24, 2.45) is 0 Å². The summed E-state index contributed by atoms with van der Waals surface area (Å²) in [5, 5.41) is 10.2. The number of phenolic OH excluding ortho intramolecular Hbond substituents is 1. The number of thioether (sulfide) groups is 1. The Hall–Kier alpha value is -2.47. The number of aromatic hydroxyl groups is 1. The van der Waals surface area contributed by atoms with Crippen LogP contribution in [0, 0.1) is 6.92 Å². The average molecular weight is 371 g/mol. The topological polar surface area (TPSA) is 66.8 Å². The maximum atomic E-state index is 12.7. The first-order valence-corrected chi connectivity index (χ1v) is 9.36. The summed E-state index contributed by atoms with van der Waals surface area (Å²) in [5.74, 6) is -1.13. The first-order chi connectivity index (χ1) is 12.5. The summed E-state index contributed by atoms with van der Waals surface area (Å²) >= 11 is 1.74. The van der Waals surface area contributed by atoms with Crippen LogP contribution in [0.5, 0.6) is 5.75 Å². The number of hydrogen-bond acceptors (Lipinski definition) is 5. The molecule has 0 aromatic heterocycles. The Morgan fingerprint density at radius 3 is 2.85 bits per heavy atom. The normalized spacial score (nSPS) is 16.5. The zero-order valence-corrected chi connectivity index (χ0v) is 15.6. The van der Waals surface area contributed by atoms with Crippen LogP contribution in [0.1, 0.15) is 29.3 Å². The summed E-state index contributed by atoms with van der Waals surface area (Å²) in [6.07, 6.45) is 0.859. The van der Waals surface area contributed by atoms with Gasteiger partial charge in [0.1, 0.15) is 11.3 Å². The maximum Gasteiger partial charge on any atom is 0.342 e. The van der Waals surface area contributed by atoms with E-state index in [1.54, 1.807) is 28.8 Å². The van der Waals surface area contributed by atoms with Crippen LogP contribution in [-0.2, 0) is 9.53 Å². The van der Waals surface area contributed by atoms with Gasteiger partial charge in [-0.3, -0.25) is 4.79 Å². The standard InChI is InChI=1S/C20H21NO4S/c1-13-7-8-17(22)15(11-13)20(24)25-12-19(23)21-10-9-14(2)26-18-6-4-3-5-16(18)21/h3-8,11,14,22H,9-10,12H2,1-2H3/t14-/m1/s1. The van der Waals surface area contributed by atoms with E-state index in [1.165, 1.54) is 6.07 Å². The summed E-state index contributed by atoms with van der Waals surface area (Å²) < 4.78 is 5.16. The number of carbonyl (C=O) groups excluding carboxylic acids is 2. The number of anilines is 1. The van der Waals surface area contributed by atoms with E-state index in [1.807, 2.05) is 31.2 Å². The number of benzene rings is 2. The lowest BCUT2D eigenvalue weighted by atomic mass is 10.1. The van der Waals surface area contributed by atoms with Gasteiger partial charge in [-0.2, -0.15) is 0 Å². The molecule has 0 saturated carbocycles. The van der Waals surface area contributed by atoms with E-state index in [-0.39, 0.29) is 23.8 Å². The van der Waals surface area contributed by atoms with E-state index < -0.39 is 5.97 Å². The van der Waals surface area contributed by atoms with Crippen molar-refractivity contribution in [2.75, 3.05) is 18.1 Å². The van der Waals surface area contributed by atoms with Crippen molar-refractivity contribution in [1.82, 2.24) is 0 Å². The number of aryl methyl sites for hydroxylation is 1. The molecule has 1 atom stereocenters. The van der Waals surface area contributed by atoms with Gasteiger partial charge in [0.15, 0.2) is 6.61 Å². The fourth-order valence-electron chi connectivity index (χ4n) is 2.84. The third kappa shape index (κ3) is 4.02. The summed E-state index contributed by atoms with van der Waals surface area (Å²) in [6.45, 7) is 4.17. The molecule has 0 spiro atoms. The number of fused-ring (bicyclic) bond motifs is 1. The molecule has 1 aliphatic rings. The van der Waals surface area contributed by atoms with Crippen LogP contribution in [0.25, 0.3) is 0 Å². The Morgan fingerprint density at radius 1 is 1.27 bits per heavy atom. The zero-order chi connectivity index (χ0) is 18.7.